The number of nitrogens with zero attached hydrogens (tertiary/aromatic N) is 1. The van der Waals surface area contributed by atoms with Crippen molar-refractivity contribution in [3.8, 4) is 5.75 Å². The standard InChI is InChI=1S/C22H25ClN2O6S/c1-30-20-9-5-4-8-17(20)22(27)31-15-21(26)24-19-14-16(10-11-18(19)23)32(28,29)25-12-6-2-3-7-13-25/h4-5,8-11,14H,2-3,6-7,12-13,15H2,1H3,(H,24,26). The highest BCUT2D eigenvalue weighted by Gasteiger charge is 2.26. The molecule has 1 heterocycles. The van der Waals surface area contributed by atoms with Crippen LogP contribution in [0.5, 0.6) is 5.75 Å². The minimum absolute atomic E-state index is 0.0464. The van der Waals surface area contributed by atoms with E-state index in [9.17, 15) is 18.0 Å². The number of para-hydroxylation sites is 1. The summed E-state index contributed by atoms with van der Waals surface area (Å²) < 4.78 is 37.6. The molecule has 1 aliphatic heterocycles. The van der Waals surface area contributed by atoms with Gasteiger partial charge in [0, 0.05) is 13.1 Å². The molecule has 0 atom stereocenters. The zero-order valence-electron chi connectivity index (χ0n) is 17.7. The molecule has 0 aromatic heterocycles. The fraction of sp³-hybridized carbons (Fsp3) is 0.364. The van der Waals surface area contributed by atoms with Crippen LogP contribution >= 0.6 is 11.6 Å². The lowest BCUT2D eigenvalue weighted by molar-refractivity contribution is -0.119. The van der Waals surface area contributed by atoms with E-state index in [0.29, 0.717) is 18.8 Å². The lowest BCUT2D eigenvalue weighted by Gasteiger charge is -2.20. The van der Waals surface area contributed by atoms with Gasteiger partial charge in [0.25, 0.3) is 5.91 Å². The van der Waals surface area contributed by atoms with Gasteiger partial charge in [0.15, 0.2) is 6.61 Å². The normalized spacial score (nSPS) is 14.9. The van der Waals surface area contributed by atoms with Gasteiger partial charge in [-0.05, 0) is 43.2 Å². The number of benzene rings is 2. The SMILES string of the molecule is COc1ccccc1C(=O)OCC(=O)Nc1cc(S(=O)(=O)N2CCCCCC2)ccc1Cl. The highest BCUT2D eigenvalue weighted by molar-refractivity contribution is 7.89. The maximum atomic E-state index is 13.0. The molecule has 10 heteroatoms. The summed E-state index contributed by atoms with van der Waals surface area (Å²) in [5, 5.41) is 2.68. The molecule has 1 saturated heterocycles. The van der Waals surface area contributed by atoms with Crippen LogP contribution in [-0.2, 0) is 19.6 Å². The molecule has 32 heavy (non-hydrogen) atoms. The third kappa shape index (κ3) is 5.79. The predicted octanol–water partition coefficient (Wildman–Crippen LogP) is 3.71. The highest BCUT2D eigenvalue weighted by atomic mass is 35.5. The molecule has 1 aliphatic rings. The van der Waals surface area contributed by atoms with Crippen molar-refractivity contribution in [3.05, 3.63) is 53.1 Å². The van der Waals surface area contributed by atoms with Crippen molar-refractivity contribution in [2.24, 2.45) is 0 Å². The summed E-state index contributed by atoms with van der Waals surface area (Å²) in [6.45, 7) is 0.355. The van der Waals surface area contributed by atoms with Crippen molar-refractivity contribution >= 4 is 39.2 Å². The Kier molecular flexibility index (Phi) is 8.11. The van der Waals surface area contributed by atoms with Crippen LogP contribution in [-0.4, -0.2) is 51.4 Å². The average Bonchev–Trinajstić information content (AvgIpc) is 3.09. The van der Waals surface area contributed by atoms with Gasteiger partial charge in [-0.3, -0.25) is 4.79 Å². The Hall–Kier alpha value is -2.62. The molecule has 1 N–H and O–H groups in total. The van der Waals surface area contributed by atoms with Gasteiger partial charge in [-0.2, -0.15) is 4.31 Å². The third-order valence-corrected chi connectivity index (χ3v) is 7.30. The van der Waals surface area contributed by atoms with E-state index >= 15 is 0 Å². The van der Waals surface area contributed by atoms with Gasteiger partial charge >= 0.3 is 5.97 Å². The molecule has 0 aliphatic carbocycles. The van der Waals surface area contributed by atoms with Crippen molar-refractivity contribution in [2.75, 3.05) is 32.1 Å². The number of hydrogen-bond acceptors (Lipinski definition) is 6. The molecule has 1 amide bonds. The maximum absolute atomic E-state index is 13.0. The maximum Gasteiger partial charge on any atom is 0.342 e. The average molecular weight is 481 g/mol. The third-order valence-electron chi connectivity index (χ3n) is 5.08. The predicted molar refractivity (Wildman–Crippen MR) is 121 cm³/mol. The van der Waals surface area contributed by atoms with Gasteiger partial charge in [-0.25, -0.2) is 13.2 Å². The molecule has 2 aromatic rings. The second kappa shape index (κ2) is 10.8. The summed E-state index contributed by atoms with van der Waals surface area (Å²) in [6, 6.07) is 10.6. The smallest absolute Gasteiger partial charge is 0.342 e. The minimum atomic E-state index is -3.71. The van der Waals surface area contributed by atoms with E-state index in [1.54, 1.807) is 18.2 Å². The first-order chi connectivity index (χ1) is 15.3. The fourth-order valence-corrected chi connectivity index (χ4v) is 5.11. The molecule has 2 aromatic carbocycles. The Balaban J connectivity index is 1.68. The summed E-state index contributed by atoms with van der Waals surface area (Å²) in [4.78, 5) is 24.6. The quantitative estimate of drug-likeness (QED) is 0.606. The summed E-state index contributed by atoms with van der Waals surface area (Å²) in [7, 11) is -2.28. The number of sulfonamides is 1. The number of nitrogens with one attached hydrogen (secondary N) is 1. The van der Waals surface area contributed by atoms with Crippen LogP contribution in [0.15, 0.2) is 47.4 Å². The van der Waals surface area contributed by atoms with E-state index in [1.807, 2.05) is 0 Å². The second-order valence-corrected chi connectivity index (χ2v) is 9.63. The van der Waals surface area contributed by atoms with E-state index < -0.39 is 28.5 Å². The molecule has 0 unspecified atom stereocenters. The number of carbonyl (C=O) groups excluding carboxylic acids is 2. The van der Waals surface area contributed by atoms with Gasteiger partial charge in [-0.15, -0.1) is 0 Å². The first-order valence-electron chi connectivity index (χ1n) is 10.2. The van der Waals surface area contributed by atoms with Crippen molar-refractivity contribution in [3.63, 3.8) is 0 Å². The lowest BCUT2D eigenvalue weighted by Crippen LogP contribution is -2.32. The highest BCUT2D eigenvalue weighted by Crippen LogP contribution is 2.28. The Morgan fingerprint density at radius 1 is 1.06 bits per heavy atom. The van der Waals surface area contributed by atoms with Gasteiger partial charge in [-0.1, -0.05) is 36.6 Å². The van der Waals surface area contributed by atoms with Crippen LogP contribution in [0.25, 0.3) is 0 Å². The number of ether oxygens (including phenoxy) is 2. The minimum Gasteiger partial charge on any atom is -0.496 e. The van der Waals surface area contributed by atoms with Crippen LogP contribution in [0, 0.1) is 0 Å². The lowest BCUT2D eigenvalue weighted by atomic mass is 10.2. The second-order valence-electron chi connectivity index (χ2n) is 7.28. The number of rotatable bonds is 7. The summed E-state index contributed by atoms with van der Waals surface area (Å²) >= 11 is 6.15. The van der Waals surface area contributed by atoms with Crippen LogP contribution < -0.4 is 10.1 Å². The first-order valence-corrected chi connectivity index (χ1v) is 12.0. The fourth-order valence-electron chi connectivity index (χ4n) is 3.40. The largest absolute Gasteiger partial charge is 0.496 e. The van der Waals surface area contributed by atoms with E-state index in [1.165, 1.54) is 35.7 Å². The van der Waals surface area contributed by atoms with E-state index in [4.69, 9.17) is 21.1 Å². The number of methoxy groups -OCH3 is 1. The van der Waals surface area contributed by atoms with Crippen LogP contribution in [0.1, 0.15) is 36.0 Å². The van der Waals surface area contributed by atoms with Crippen LogP contribution in [0.2, 0.25) is 5.02 Å². The summed E-state index contributed by atoms with van der Waals surface area (Å²) in [5.74, 6) is -1.05. The van der Waals surface area contributed by atoms with Crippen molar-refractivity contribution < 1.29 is 27.5 Å². The van der Waals surface area contributed by atoms with Crippen molar-refractivity contribution in [1.82, 2.24) is 4.31 Å². The summed E-state index contributed by atoms with van der Waals surface area (Å²) in [5.41, 5.74) is 0.312. The molecule has 1 fully saturated rings. The van der Waals surface area contributed by atoms with E-state index in [0.717, 1.165) is 25.7 Å². The molecule has 172 valence electrons. The van der Waals surface area contributed by atoms with Crippen molar-refractivity contribution in [2.45, 2.75) is 30.6 Å². The van der Waals surface area contributed by atoms with Crippen LogP contribution in [0.3, 0.4) is 0 Å². The summed E-state index contributed by atoms with van der Waals surface area (Å²) in [6.07, 6.45) is 3.63. The van der Waals surface area contributed by atoms with Gasteiger partial charge in [0.05, 0.1) is 22.7 Å². The first kappa shape index (κ1) is 24.0. The number of esters is 1. The molecule has 0 saturated carbocycles. The number of halogens is 1. The van der Waals surface area contributed by atoms with Crippen molar-refractivity contribution in [1.29, 1.82) is 0 Å². The van der Waals surface area contributed by atoms with Crippen LogP contribution in [0.4, 0.5) is 5.69 Å². The molecular formula is C22H25ClN2O6S. The molecular weight excluding hydrogens is 456 g/mol. The number of carbonyl (C=O) groups is 2. The van der Waals surface area contributed by atoms with Gasteiger partial charge < -0.3 is 14.8 Å². The molecule has 0 radical (unpaired) electrons. The molecule has 0 spiro atoms. The molecule has 0 bridgehead atoms. The zero-order chi connectivity index (χ0) is 23.1. The van der Waals surface area contributed by atoms with Gasteiger partial charge in [0.2, 0.25) is 10.0 Å². The number of anilines is 1. The monoisotopic (exact) mass is 480 g/mol. The Labute approximate surface area is 192 Å². The zero-order valence-corrected chi connectivity index (χ0v) is 19.2. The topological polar surface area (TPSA) is 102 Å². The molecule has 3 rings (SSSR count). The Morgan fingerprint density at radius 3 is 2.44 bits per heavy atom. The number of hydrogen-bond donors (Lipinski definition) is 1. The Bertz CT molecular complexity index is 1080. The van der Waals surface area contributed by atoms with E-state index in [2.05, 4.69) is 5.32 Å². The number of amides is 1. The Morgan fingerprint density at radius 2 is 1.75 bits per heavy atom. The van der Waals surface area contributed by atoms with Gasteiger partial charge in [0.1, 0.15) is 11.3 Å². The molecule has 8 nitrogen and oxygen atoms in total. The van der Waals surface area contributed by atoms with E-state index in [-0.39, 0.29) is 21.2 Å².